The van der Waals surface area contributed by atoms with E-state index in [0.29, 0.717) is 6.61 Å². The molecule has 0 aromatic rings. The lowest BCUT2D eigenvalue weighted by Gasteiger charge is -2.01. The smallest absolute Gasteiger partial charge is 0.302 e. The molecule has 2 heteroatoms. The number of allylic oxidation sites excluding steroid dienone is 6. The Hall–Kier alpha value is -1.31. The van der Waals surface area contributed by atoms with E-state index >= 15 is 0 Å². The maximum absolute atomic E-state index is 10.5. The van der Waals surface area contributed by atoms with Crippen molar-refractivity contribution in [3.05, 3.63) is 36.0 Å². The summed E-state index contributed by atoms with van der Waals surface area (Å²) in [5, 5.41) is 0. The van der Waals surface area contributed by atoms with Gasteiger partial charge in [-0.1, -0.05) is 61.6 Å². The van der Waals surface area contributed by atoms with Crippen molar-refractivity contribution in [2.75, 3.05) is 6.61 Å². The van der Waals surface area contributed by atoms with Gasteiger partial charge in [0.25, 0.3) is 0 Å². The number of carbonyl (C=O) groups excluding carboxylic acids is 1. The average molecular weight is 278 g/mol. The van der Waals surface area contributed by atoms with E-state index in [2.05, 4.69) is 44.2 Å². The summed E-state index contributed by atoms with van der Waals surface area (Å²) in [6.07, 6.45) is 19.0. The van der Waals surface area contributed by atoms with Crippen molar-refractivity contribution in [1.82, 2.24) is 0 Å². The molecule has 0 fully saturated rings. The Balaban J connectivity index is 3.24. The Labute approximate surface area is 124 Å². The van der Waals surface area contributed by atoms with Crippen LogP contribution in [0, 0.1) is 0 Å². The zero-order valence-corrected chi connectivity index (χ0v) is 13.4. The normalized spacial score (nSPS) is 11.2. The van der Waals surface area contributed by atoms with Crippen LogP contribution in [0.4, 0.5) is 0 Å². The standard InChI is InChI=1S/C18H30O2/c1-17(2)15-13-11-9-7-5-4-6-8-10-12-14-16-20-18(3)19/h7,9,11,13,15H,4-6,8,10,12,14,16H2,1-3H3. The number of esters is 1. The minimum atomic E-state index is -0.171. The predicted octanol–water partition coefficient (Wildman–Crippen LogP) is 5.36. The highest BCUT2D eigenvalue weighted by Gasteiger charge is 1.93. The molecule has 0 aliphatic rings. The molecule has 0 heterocycles. The number of ether oxygens (including phenoxy) is 1. The molecule has 0 aliphatic carbocycles. The van der Waals surface area contributed by atoms with Gasteiger partial charge in [-0.05, 0) is 33.1 Å². The van der Waals surface area contributed by atoms with Gasteiger partial charge in [0, 0.05) is 6.92 Å². The number of hydrogen-bond donors (Lipinski definition) is 0. The van der Waals surface area contributed by atoms with Gasteiger partial charge in [0.1, 0.15) is 0 Å². The quantitative estimate of drug-likeness (QED) is 0.289. The van der Waals surface area contributed by atoms with E-state index in [0.717, 1.165) is 19.3 Å². The molecule has 0 aromatic heterocycles. The van der Waals surface area contributed by atoms with Gasteiger partial charge in [-0.15, -0.1) is 0 Å². The fourth-order valence-electron chi connectivity index (χ4n) is 1.77. The monoisotopic (exact) mass is 278 g/mol. The number of hydrogen-bond acceptors (Lipinski definition) is 2. The lowest BCUT2D eigenvalue weighted by Crippen LogP contribution is -1.99. The molecular weight excluding hydrogens is 248 g/mol. The van der Waals surface area contributed by atoms with E-state index in [4.69, 9.17) is 4.74 Å². The van der Waals surface area contributed by atoms with Crippen molar-refractivity contribution in [3.8, 4) is 0 Å². The third-order valence-electron chi connectivity index (χ3n) is 2.86. The summed E-state index contributed by atoms with van der Waals surface area (Å²) in [7, 11) is 0. The van der Waals surface area contributed by atoms with Crippen molar-refractivity contribution in [1.29, 1.82) is 0 Å². The minimum Gasteiger partial charge on any atom is -0.466 e. The zero-order chi connectivity index (χ0) is 15.1. The van der Waals surface area contributed by atoms with Gasteiger partial charge in [0.05, 0.1) is 6.61 Å². The van der Waals surface area contributed by atoms with Crippen LogP contribution < -0.4 is 0 Å². The molecule has 0 bridgehead atoms. The van der Waals surface area contributed by atoms with Crippen LogP contribution in [0.3, 0.4) is 0 Å². The largest absolute Gasteiger partial charge is 0.466 e. The molecule has 0 N–H and O–H groups in total. The molecule has 0 amide bonds. The number of carbonyl (C=O) groups is 1. The van der Waals surface area contributed by atoms with E-state index in [9.17, 15) is 4.79 Å². The lowest BCUT2D eigenvalue weighted by molar-refractivity contribution is -0.141. The second kappa shape index (κ2) is 14.1. The highest BCUT2D eigenvalue weighted by Crippen LogP contribution is 2.07. The molecule has 0 radical (unpaired) electrons. The summed E-state index contributed by atoms with van der Waals surface area (Å²) < 4.78 is 4.89. The van der Waals surface area contributed by atoms with Crippen LogP contribution >= 0.6 is 0 Å². The summed E-state index contributed by atoms with van der Waals surface area (Å²) in [5.74, 6) is -0.171. The highest BCUT2D eigenvalue weighted by atomic mass is 16.5. The van der Waals surface area contributed by atoms with Gasteiger partial charge in [-0.2, -0.15) is 0 Å². The SMILES string of the molecule is CC(=O)OCCCCCCCCC=CC=CC=C(C)C. The summed E-state index contributed by atoms with van der Waals surface area (Å²) in [6.45, 7) is 6.24. The molecule has 0 aromatic carbocycles. The Kier molecular flexibility index (Phi) is 13.2. The van der Waals surface area contributed by atoms with Gasteiger partial charge in [0.15, 0.2) is 0 Å². The fourth-order valence-corrected chi connectivity index (χ4v) is 1.77. The van der Waals surface area contributed by atoms with E-state index in [1.165, 1.54) is 38.2 Å². The first kappa shape index (κ1) is 18.7. The molecular formula is C18H30O2. The van der Waals surface area contributed by atoms with Gasteiger partial charge in [0.2, 0.25) is 0 Å². The Morgan fingerprint density at radius 1 is 0.850 bits per heavy atom. The lowest BCUT2D eigenvalue weighted by atomic mass is 10.1. The predicted molar refractivity (Wildman–Crippen MR) is 86.7 cm³/mol. The third-order valence-corrected chi connectivity index (χ3v) is 2.86. The summed E-state index contributed by atoms with van der Waals surface area (Å²) in [6, 6.07) is 0. The first-order valence-corrected chi connectivity index (χ1v) is 7.73. The van der Waals surface area contributed by atoms with Gasteiger partial charge < -0.3 is 4.74 Å². The third kappa shape index (κ3) is 16.7. The molecule has 0 saturated carbocycles. The van der Waals surface area contributed by atoms with Crippen LogP contribution in [0.2, 0.25) is 0 Å². The molecule has 0 aliphatic heterocycles. The van der Waals surface area contributed by atoms with Gasteiger partial charge in [-0.3, -0.25) is 4.79 Å². The first-order chi connectivity index (χ1) is 9.63. The molecule has 0 rings (SSSR count). The Morgan fingerprint density at radius 3 is 2.15 bits per heavy atom. The summed E-state index contributed by atoms with van der Waals surface area (Å²) in [4.78, 5) is 10.5. The van der Waals surface area contributed by atoms with E-state index in [-0.39, 0.29) is 5.97 Å². The average Bonchev–Trinajstić information content (AvgIpc) is 2.38. The van der Waals surface area contributed by atoms with Gasteiger partial charge in [-0.25, -0.2) is 0 Å². The maximum Gasteiger partial charge on any atom is 0.302 e. The molecule has 0 spiro atoms. The molecule has 2 nitrogen and oxygen atoms in total. The first-order valence-electron chi connectivity index (χ1n) is 7.73. The van der Waals surface area contributed by atoms with Crippen LogP contribution in [-0.2, 0) is 9.53 Å². The van der Waals surface area contributed by atoms with Crippen molar-refractivity contribution >= 4 is 5.97 Å². The second-order valence-corrected chi connectivity index (χ2v) is 5.31. The Morgan fingerprint density at radius 2 is 1.50 bits per heavy atom. The van der Waals surface area contributed by atoms with E-state index in [1.807, 2.05) is 0 Å². The number of rotatable bonds is 11. The zero-order valence-electron chi connectivity index (χ0n) is 13.4. The molecule has 20 heavy (non-hydrogen) atoms. The maximum atomic E-state index is 10.5. The Bertz CT molecular complexity index is 320. The van der Waals surface area contributed by atoms with E-state index < -0.39 is 0 Å². The van der Waals surface area contributed by atoms with Crippen molar-refractivity contribution in [2.24, 2.45) is 0 Å². The van der Waals surface area contributed by atoms with Crippen molar-refractivity contribution in [2.45, 2.75) is 65.7 Å². The molecule has 0 unspecified atom stereocenters. The highest BCUT2D eigenvalue weighted by molar-refractivity contribution is 5.65. The molecule has 0 atom stereocenters. The van der Waals surface area contributed by atoms with Crippen LogP contribution in [0.15, 0.2) is 36.0 Å². The summed E-state index contributed by atoms with van der Waals surface area (Å²) >= 11 is 0. The minimum absolute atomic E-state index is 0.171. The van der Waals surface area contributed by atoms with Crippen molar-refractivity contribution in [3.63, 3.8) is 0 Å². The van der Waals surface area contributed by atoms with Gasteiger partial charge >= 0.3 is 5.97 Å². The summed E-state index contributed by atoms with van der Waals surface area (Å²) in [5.41, 5.74) is 1.32. The molecule has 114 valence electrons. The van der Waals surface area contributed by atoms with Crippen LogP contribution in [0.1, 0.15) is 65.7 Å². The fraction of sp³-hybridized carbons (Fsp3) is 0.611. The number of unbranched alkanes of at least 4 members (excludes halogenated alkanes) is 6. The second-order valence-electron chi connectivity index (χ2n) is 5.31. The van der Waals surface area contributed by atoms with Crippen molar-refractivity contribution < 1.29 is 9.53 Å². The van der Waals surface area contributed by atoms with Crippen LogP contribution in [0.5, 0.6) is 0 Å². The molecule has 0 saturated heterocycles. The van der Waals surface area contributed by atoms with Crippen LogP contribution in [0.25, 0.3) is 0 Å². The van der Waals surface area contributed by atoms with Crippen LogP contribution in [-0.4, -0.2) is 12.6 Å². The van der Waals surface area contributed by atoms with E-state index in [1.54, 1.807) is 0 Å². The topological polar surface area (TPSA) is 26.3 Å².